The third-order valence-corrected chi connectivity index (χ3v) is 3.99. The summed E-state index contributed by atoms with van der Waals surface area (Å²) >= 11 is 11.8. The molecular weight excluding hydrogens is 367 g/mol. The van der Waals surface area contributed by atoms with Crippen LogP contribution in [0.15, 0.2) is 18.2 Å². The van der Waals surface area contributed by atoms with E-state index in [-0.39, 0.29) is 18.2 Å². The van der Waals surface area contributed by atoms with Crippen LogP contribution in [0.25, 0.3) is 0 Å². The molecule has 0 aliphatic rings. The Hall–Kier alpha value is -2.25. The quantitative estimate of drug-likeness (QED) is 0.859. The van der Waals surface area contributed by atoms with Crippen molar-refractivity contribution in [2.24, 2.45) is 7.05 Å². The van der Waals surface area contributed by atoms with E-state index in [9.17, 15) is 9.59 Å². The van der Waals surface area contributed by atoms with Gasteiger partial charge >= 0.3 is 0 Å². The van der Waals surface area contributed by atoms with Crippen LogP contribution in [0.5, 0.6) is 5.75 Å². The second-order valence-electron chi connectivity index (χ2n) is 5.54. The van der Waals surface area contributed by atoms with Crippen molar-refractivity contribution in [3.8, 4) is 5.75 Å². The van der Waals surface area contributed by atoms with E-state index in [1.165, 1.54) is 15.6 Å². The van der Waals surface area contributed by atoms with Crippen LogP contribution in [0.1, 0.15) is 16.2 Å². The van der Waals surface area contributed by atoms with Crippen LogP contribution in [0.2, 0.25) is 10.0 Å². The number of nitrogens with zero attached hydrogens (tertiary/aromatic N) is 3. The maximum Gasteiger partial charge on any atom is 0.276 e. The minimum Gasteiger partial charge on any atom is -0.482 e. The molecular formula is C16H18Cl2N4O3. The first-order valence-corrected chi connectivity index (χ1v) is 8.09. The molecule has 2 amide bonds. The first kappa shape index (κ1) is 19.1. The topological polar surface area (TPSA) is 76.5 Å². The smallest absolute Gasteiger partial charge is 0.276 e. The number of halogens is 2. The average Bonchev–Trinajstić information content (AvgIpc) is 2.81. The molecule has 9 heteroatoms. The van der Waals surface area contributed by atoms with Crippen molar-refractivity contribution in [3.05, 3.63) is 39.6 Å². The highest BCUT2D eigenvalue weighted by atomic mass is 35.5. The molecule has 0 radical (unpaired) electrons. The molecule has 2 rings (SSSR count). The normalized spacial score (nSPS) is 10.5. The fourth-order valence-corrected chi connectivity index (χ4v) is 2.49. The first-order chi connectivity index (χ1) is 11.7. The van der Waals surface area contributed by atoms with Crippen molar-refractivity contribution < 1.29 is 14.3 Å². The van der Waals surface area contributed by atoms with Gasteiger partial charge in [-0.1, -0.05) is 23.2 Å². The Morgan fingerprint density at radius 3 is 2.60 bits per heavy atom. The van der Waals surface area contributed by atoms with Gasteiger partial charge in [0, 0.05) is 26.2 Å². The second-order valence-corrected chi connectivity index (χ2v) is 6.39. The number of benzene rings is 1. The van der Waals surface area contributed by atoms with Crippen LogP contribution in [0.3, 0.4) is 0 Å². The average molecular weight is 385 g/mol. The van der Waals surface area contributed by atoms with Gasteiger partial charge in [-0.25, -0.2) is 0 Å². The van der Waals surface area contributed by atoms with Crippen molar-refractivity contribution >= 4 is 40.7 Å². The SMILES string of the molecule is Cc1c(NC(=O)COc2ccc(Cl)cc2Cl)c(C(=O)N(C)C)nn1C. The van der Waals surface area contributed by atoms with Crippen molar-refractivity contribution in [2.45, 2.75) is 6.92 Å². The Morgan fingerprint density at radius 2 is 2.00 bits per heavy atom. The summed E-state index contributed by atoms with van der Waals surface area (Å²) in [6, 6.07) is 4.71. The number of aromatic nitrogens is 2. The van der Waals surface area contributed by atoms with Crippen LogP contribution in [0, 0.1) is 6.92 Å². The van der Waals surface area contributed by atoms with Gasteiger partial charge in [-0.2, -0.15) is 5.10 Å². The van der Waals surface area contributed by atoms with E-state index in [0.717, 1.165) is 0 Å². The zero-order valence-corrected chi connectivity index (χ0v) is 15.8. The lowest BCUT2D eigenvalue weighted by Gasteiger charge is -2.12. The summed E-state index contributed by atoms with van der Waals surface area (Å²) in [5, 5.41) is 7.61. The second kappa shape index (κ2) is 7.76. The molecule has 0 fully saturated rings. The largest absolute Gasteiger partial charge is 0.482 e. The van der Waals surface area contributed by atoms with Gasteiger partial charge in [0.1, 0.15) is 5.75 Å². The van der Waals surface area contributed by atoms with Gasteiger partial charge in [0.2, 0.25) is 0 Å². The summed E-state index contributed by atoms with van der Waals surface area (Å²) in [7, 11) is 4.93. The highest BCUT2D eigenvalue weighted by molar-refractivity contribution is 6.35. The zero-order chi connectivity index (χ0) is 18.7. The predicted molar refractivity (Wildman–Crippen MR) is 96.5 cm³/mol. The number of carbonyl (C=O) groups is 2. The van der Waals surface area contributed by atoms with Crippen LogP contribution < -0.4 is 10.1 Å². The van der Waals surface area contributed by atoms with Gasteiger partial charge < -0.3 is 15.0 Å². The number of anilines is 1. The van der Waals surface area contributed by atoms with Gasteiger partial charge in [0.15, 0.2) is 12.3 Å². The number of aryl methyl sites for hydroxylation is 1. The minimum absolute atomic E-state index is 0.169. The zero-order valence-electron chi connectivity index (χ0n) is 14.3. The third-order valence-electron chi connectivity index (χ3n) is 3.46. The fraction of sp³-hybridized carbons (Fsp3) is 0.312. The summed E-state index contributed by atoms with van der Waals surface area (Å²) in [6.07, 6.45) is 0. The van der Waals surface area contributed by atoms with E-state index in [1.54, 1.807) is 40.2 Å². The molecule has 1 heterocycles. The fourth-order valence-electron chi connectivity index (χ4n) is 2.03. The lowest BCUT2D eigenvalue weighted by atomic mass is 10.2. The molecule has 0 bridgehead atoms. The highest BCUT2D eigenvalue weighted by Crippen LogP contribution is 2.27. The Labute approximate surface area is 155 Å². The van der Waals surface area contributed by atoms with E-state index < -0.39 is 5.91 Å². The van der Waals surface area contributed by atoms with E-state index in [2.05, 4.69) is 10.4 Å². The molecule has 1 aromatic heterocycles. The number of ether oxygens (including phenoxy) is 1. The van der Waals surface area contributed by atoms with Crippen LogP contribution in [-0.2, 0) is 11.8 Å². The molecule has 1 N–H and O–H groups in total. The highest BCUT2D eigenvalue weighted by Gasteiger charge is 2.22. The van der Waals surface area contributed by atoms with Crippen LogP contribution in [0.4, 0.5) is 5.69 Å². The van der Waals surface area contributed by atoms with Gasteiger partial charge in [-0.3, -0.25) is 14.3 Å². The number of rotatable bonds is 5. The Balaban J connectivity index is 2.11. The standard InChI is InChI=1S/C16H18Cl2N4O3/c1-9-14(15(20-22(9)4)16(24)21(2)3)19-13(23)8-25-12-6-5-10(17)7-11(12)18/h5-7H,8H2,1-4H3,(H,19,23). The summed E-state index contributed by atoms with van der Waals surface area (Å²) in [6.45, 7) is 1.48. The van der Waals surface area contributed by atoms with E-state index in [0.29, 0.717) is 27.2 Å². The molecule has 0 aliphatic carbocycles. The molecule has 1 aromatic carbocycles. The Morgan fingerprint density at radius 1 is 1.32 bits per heavy atom. The maximum absolute atomic E-state index is 12.2. The van der Waals surface area contributed by atoms with Crippen molar-refractivity contribution in [3.63, 3.8) is 0 Å². The summed E-state index contributed by atoms with van der Waals surface area (Å²) in [5.74, 6) is -0.399. The molecule has 0 saturated carbocycles. The molecule has 0 unspecified atom stereocenters. The van der Waals surface area contributed by atoms with Crippen LogP contribution in [-0.4, -0.2) is 47.2 Å². The molecule has 0 saturated heterocycles. The number of hydrogen-bond acceptors (Lipinski definition) is 4. The Kier molecular flexibility index (Phi) is 5.92. The molecule has 25 heavy (non-hydrogen) atoms. The molecule has 0 aliphatic heterocycles. The van der Waals surface area contributed by atoms with Gasteiger partial charge in [0.05, 0.1) is 16.4 Å². The molecule has 0 atom stereocenters. The lowest BCUT2D eigenvalue weighted by Crippen LogP contribution is -2.26. The number of amides is 2. The van der Waals surface area contributed by atoms with E-state index in [1.807, 2.05) is 0 Å². The number of hydrogen-bond donors (Lipinski definition) is 1. The Bertz CT molecular complexity index is 818. The molecule has 2 aromatic rings. The van der Waals surface area contributed by atoms with E-state index >= 15 is 0 Å². The monoisotopic (exact) mass is 384 g/mol. The number of nitrogens with one attached hydrogen (secondary N) is 1. The van der Waals surface area contributed by atoms with Crippen molar-refractivity contribution in [2.75, 3.05) is 26.0 Å². The van der Waals surface area contributed by atoms with Crippen LogP contribution >= 0.6 is 23.2 Å². The third kappa shape index (κ3) is 4.43. The summed E-state index contributed by atoms with van der Waals surface area (Å²) < 4.78 is 6.93. The molecule has 7 nitrogen and oxygen atoms in total. The minimum atomic E-state index is -0.435. The summed E-state index contributed by atoms with van der Waals surface area (Å²) in [5.41, 5.74) is 1.18. The van der Waals surface area contributed by atoms with Crippen molar-refractivity contribution in [1.29, 1.82) is 0 Å². The van der Waals surface area contributed by atoms with E-state index in [4.69, 9.17) is 27.9 Å². The van der Waals surface area contributed by atoms with Gasteiger partial charge in [-0.05, 0) is 25.1 Å². The first-order valence-electron chi connectivity index (χ1n) is 7.33. The number of carbonyl (C=O) groups excluding carboxylic acids is 2. The molecule has 134 valence electrons. The predicted octanol–water partition coefficient (Wildman–Crippen LogP) is 2.75. The lowest BCUT2D eigenvalue weighted by molar-refractivity contribution is -0.118. The molecule has 0 spiro atoms. The maximum atomic E-state index is 12.2. The van der Waals surface area contributed by atoms with Gasteiger partial charge in [0.25, 0.3) is 11.8 Å². The van der Waals surface area contributed by atoms with Gasteiger partial charge in [-0.15, -0.1) is 0 Å². The summed E-state index contributed by atoms with van der Waals surface area (Å²) in [4.78, 5) is 25.8. The van der Waals surface area contributed by atoms with Crippen molar-refractivity contribution in [1.82, 2.24) is 14.7 Å².